The summed E-state index contributed by atoms with van der Waals surface area (Å²) in [6.45, 7) is 5.36. The summed E-state index contributed by atoms with van der Waals surface area (Å²) in [6.07, 6.45) is -4.70. The van der Waals surface area contributed by atoms with Gasteiger partial charge >= 0.3 is 6.36 Å². The Hall–Kier alpha value is -1.72. The molecule has 0 aliphatic heterocycles. The molecule has 0 aliphatic rings. The van der Waals surface area contributed by atoms with Crippen LogP contribution in [0.5, 0.6) is 5.75 Å². The van der Waals surface area contributed by atoms with Gasteiger partial charge in [0.15, 0.2) is 0 Å². The Morgan fingerprint density at radius 2 is 1.61 bits per heavy atom. The smallest absolute Gasteiger partial charge is 0.406 e. The standard InChI is InChI=1S/C10H10F3NO2.C2H6/c1-7(15)14(2)8-3-5-9(6-4-8)16-10(11,12)13;1-2/h3-6H,1-2H3;1-2H3. The van der Waals surface area contributed by atoms with Crippen LogP contribution in [0.15, 0.2) is 24.3 Å². The molecule has 0 N–H and O–H groups in total. The van der Waals surface area contributed by atoms with Crippen LogP contribution in [-0.4, -0.2) is 19.3 Å². The summed E-state index contributed by atoms with van der Waals surface area (Å²) in [5.74, 6) is -0.516. The van der Waals surface area contributed by atoms with Crippen LogP contribution in [0, 0.1) is 0 Å². The number of anilines is 1. The maximum atomic E-state index is 11.8. The number of halogens is 3. The topological polar surface area (TPSA) is 29.5 Å². The highest BCUT2D eigenvalue weighted by atomic mass is 19.4. The largest absolute Gasteiger partial charge is 0.573 e. The van der Waals surface area contributed by atoms with E-state index in [-0.39, 0.29) is 11.7 Å². The first-order valence-corrected chi connectivity index (χ1v) is 5.40. The van der Waals surface area contributed by atoms with Gasteiger partial charge in [-0.15, -0.1) is 13.2 Å². The zero-order valence-corrected chi connectivity index (χ0v) is 10.7. The van der Waals surface area contributed by atoms with Crippen molar-refractivity contribution in [1.82, 2.24) is 0 Å². The number of carbonyl (C=O) groups is 1. The molecule has 6 heteroatoms. The molecule has 0 unspecified atom stereocenters. The second kappa shape index (κ2) is 6.88. The van der Waals surface area contributed by atoms with E-state index in [1.54, 1.807) is 0 Å². The minimum atomic E-state index is -4.70. The Kier molecular flexibility index (Phi) is 6.22. The van der Waals surface area contributed by atoms with Crippen molar-refractivity contribution in [3.05, 3.63) is 24.3 Å². The van der Waals surface area contributed by atoms with Crippen molar-refractivity contribution in [3.8, 4) is 5.75 Å². The predicted octanol–water partition coefficient (Wildman–Crippen LogP) is 3.59. The van der Waals surface area contributed by atoms with Gasteiger partial charge in [-0.2, -0.15) is 0 Å². The minimum Gasteiger partial charge on any atom is -0.406 e. The summed E-state index contributed by atoms with van der Waals surface area (Å²) in [7, 11) is 1.53. The van der Waals surface area contributed by atoms with Crippen LogP contribution in [0.3, 0.4) is 0 Å². The molecule has 1 aromatic rings. The molecule has 0 saturated carbocycles. The Morgan fingerprint density at radius 1 is 1.17 bits per heavy atom. The van der Waals surface area contributed by atoms with Crippen LogP contribution < -0.4 is 9.64 Å². The van der Waals surface area contributed by atoms with Crippen molar-refractivity contribution in [1.29, 1.82) is 0 Å². The quantitative estimate of drug-likeness (QED) is 0.816. The maximum absolute atomic E-state index is 11.8. The van der Waals surface area contributed by atoms with Gasteiger partial charge in [-0.3, -0.25) is 4.79 Å². The summed E-state index contributed by atoms with van der Waals surface area (Å²) in [5.41, 5.74) is 0.502. The number of benzene rings is 1. The molecule has 0 bridgehead atoms. The molecule has 0 fully saturated rings. The van der Waals surface area contributed by atoms with Crippen molar-refractivity contribution in [2.45, 2.75) is 27.1 Å². The highest BCUT2D eigenvalue weighted by Gasteiger charge is 2.30. The number of nitrogens with zero attached hydrogens (tertiary/aromatic N) is 1. The molecule has 18 heavy (non-hydrogen) atoms. The molecule has 1 aromatic carbocycles. The second-order valence-corrected chi connectivity index (χ2v) is 3.12. The number of carbonyl (C=O) groups excluding carboxylic acids is 1. The fourth-order valence-electron chi connectivity index (χ4n) is 1.05. The zero-order valence-electron chi connectivity index (χ0n) is 10.7. The highest BCUT2D eigenvalue weighted by molar-refractivity contribution is 5.90. The zero-order chi connectivity index (χ0) is 14.3. The van der Waals surface area contributed by atoms with E-state index in [1.807, 2.05) is 13.8 Å². The van der Waals surface area contributed by atoms with Crippen molar-refractivity contribution >= 4 is 11.6 Å². The molecule has 0 saturated heterocycles. The van der Waals surface area contributed by atoms with Crippen LogP contribution in [0.25, 0.3) is 0 Å². The van der Waals surface area contributed by atoms with E-state index in [0.717, 1.165) is 12.1 Å². The Balaban J connectivity index is 0.00000137. The summed E-state index contributed by atoms with van der Waals surface area (Å²) in [4.78, 5) is 12.3. The summed E-state index contributed by atoms with van der Waals surface area (Å²) in [5, 5.41) is 0. The number of rotatable bonds is 2. The first-order valence-electron chi connectivity index (χ1n) is 5.40. The predicted molar refractivity (Wildman–Crippen MR) is 63.6 cm³/mol. The van der Waals surface area contributed by atoms with Crippen LogP contribution in [-0.2, 0) is 4.79 Å². The van der Waals surface area contributed by atoms with Crippen LogP contribution in [0.4, 0.5) is 18.9 Å². The fourth-order valence-corrected chi connectivity index (χ4v) is 1.05. The number of hydrogen-bond acceptors (Lipinski definition) is 2. The van der Waals surface area contributed by atoms with Crippen LogP contribution in [0.1, 0.15) is 20.8 Å². The van der Waals surface area contributed by atoms with Gasteiger partial charge in [-0.25, -0.2) is 0 Å². The molecular weight excluding hydrogens is 247 g/mol. The van der Waals surface area contributed by atoms with Crippen molar-refractivity contribution in [2.24, 2.45) is 0 Å². The van der Waals surface area contributed by atoms with Crippen LogP contribution >= 0.6 is 0 Å². The van der Waals surface area contributed by atoms with Gasteiger partial charge in [-0.05, 0) is 24.3 Å². The molecule has 0 heterocycles. The number of amides is 1. The molecule has 0 aromatic heterocycles. The SMILES string of the molecule is CC.CC(=O)N(C)c1ccc(OC(F)(F)F)cc1. The normalized spacial score (nSPS) is 10.2. The fraction of sp³-hybridized carbons (Fsp3) is 0.417. The van der Waals surface area contributed by atoms with Crippen molar-refractivity contribution in [3.63, 3.8) is 0 Å². The average Bonchev–Trinajstić information content (AvgIpc) is 2.29. The third kappa shape index (κ3) is 5.56. The third-order valence-corrected chi connectivity index (χ3v) is 1.93. The molecular formula is C12H16F3NO2. The second-order valence-electron chi connectivity index (χ2n) is 3.12. The highest BCUT2D eigenvalue weighted by Crippen LogP contribution is 2.24. The van der Waals surface area contributed by atoms with Gasteiger partial charge in [0.05, 0.1) is 0 Å². The third-order valence-electron chi connectivity index (χ3n) is 1.93. The van der Waals surface area contributed by atoms with Crippen molar-refractivity contribution in [2.75, 3.05) is 11.9 Å². The van der Waals surface area contributed by atoms with Gasteiger partial charge in [0.1, 0.15) is 5.75 Å². The molecule has 0 atom stereocenters. The summed E-state index contributed by atoms with van der Waals surface area (Å²) >= 11 is 0. The first-order chi connectivity index (χ1) is 8.29. The van der Waals surface area contributed by atoms with E-state index in [9.17, 15) is 18.0 Å². The van der Waals surface area contributed by atoms with Crippen molar-refractivity contribution < 1.29 is 22.7 Å². The van der Waals surface area contributed by atoms with E-state index in [0.29, 0.717) is 5.69 Å². The lowest BCUT2D eigenvalue weighted by atomic mass is 10.3. The van der Waals surface area contributed by atoms with E-state index in [1.165, 1.54) is 31.0 Å². The van der Waals surface area contributed by atoms with E-state index in [4.69, 9.17) is 0 Å². The Labute approximate surface area is 104 Å². The summed E-state index contributed by atoms with van der Waals surface area (Å²) < 4.78 is 39.2. The molecule has 0 radical (unpaired) electrons. The maximum Gasteiger partial charge on any atom is 0.573 e. The van der Waals surface area contributed by atoms with Gasteiger partial charge in [0, 0.05) is 19.7 Å². The lowest BCUT2D eigenvalue weighted by Gasteiger charge is -2.15. The van der Waals surface area contributed by atoms with Crippen LogP contribution in [0.2, 0.25) is 0 Å². The first kappa shape index (κ1) is 16.3. The van der Waals surface area contributed by atoms with E-state index >= 15 is 0 Å². The lowest BCUT2D eigenvalue weighted by molar-refractivity contribution is -0.274. The molecule has 102 valence electrons. The monoisotopic (exact) mass is 263 g/mol. The molecule has 0 aliphatic carbocycles. The van der Waals surface area contributed by atoms with Gasteiger partial charge in [-0.1, -0.05) is 13.8 Å². The van der Waals surface area contributed by atoms with Gasteiger partial charge in [0.2, 0.25) is 5.91 Å². The minimum absolute atomic E-state index is 0.204. The van der Waals surface area contributed by atoms with Gasteiger partial charge in [0.25, 0.3) is 0 Å². The molecule has 1 amide bonds. The average molecular weight is 263 g/mol. The number of ether oxygens (including phenoxy) is 1. The number of hydrogen-bond donors (Lipinski definition) is 0. The molecule has 1 rings (SSSR count). The Bertz CT molecular complexity index is 374. The molecule has 0 spiro atoms. The molecule has 3 nitrogen and oxygen atoms in total. The Morgan fingerprint density at radius 3 is 1.94 bits per heavy atom. The van der Waals surface area contributed by atoms with E-state index < -0.39 is 6.36 Å². The van der Waals surface area contributed by atoms with E-state index in [2.05, 4.69) is 4.74 Å². The summed E-state index contributed by atoms with van der Waals surface area (Å²) in [6, 6.07) is 5.06. The lowest BCUT2D eigenvalue weighted by Crippen LogP contribution is -2.22. The number of alkyl halides is 3. The van der Waals surface area contributed by atoms with Gasteiger partial charge < -0.3 is 9.64 Å².